The molecule has 2 heterocycles. The van der Waals surface area contributed by atoms with E-state index in [0.717, 1.165) is 5.56 Å². The first-order chi connectivity index (χ1) is 13.6. The summed E-state index contributed by atoms with van der Waals surface area (Å²) in [5.74, 6) is 0.0234. The van der Waals surface area contributed by atoms with Crippen LogP contribution in [0.4, 0.5) is 11.4 Å². The zero-order valence-electron chi connectivity index (χ0n) is 14.7. The third-order valence-corrected chi connectivity index (χ3v) is 4.61. The summed E-state index contributed by atoms with van der Waals surface area (Å²) >= 11 is 5.85. The van der Waals surface area contributed by atoms with Gasteiger partial charge in [-0.15, -0.1) is 0 Å². The van der Waals surface area contributed by atoms with Gasteiger partial charge in [0.15, 0.2) is 0 Å². The number of ether oxygens (including phenoxy) is 1. The number of hydrogen-bond acceptors (Lipinski definition) is 4. The summed E-state index contributed by atoms with van der Waals surface area (Å²) in [6, 6.07) is 17.6. The van der Waals surface area contributed by atoms with Crippen molar-refractivity contribution in [1.82, 2.24) is 4.98 Å². The van der Waals surface area contributed by atoms with Gasteiger partial charge >= 0.3 is 0 Å². The standard InChI is InChI=1S/C21H16ClN3O3/c22-13-5-8-15(9-6-13)28-20-10-7-14(12-23-20)24-21(27)17-11-19(26)25-18-4-2-1-3-16(17)18/h1-10,12,17H,11H2,(H,24,27)(H,25,26). The molecular formula is C21H16ClN3O3. The molecule has 0 radical (unpaired) electrons. The number of carbonyl (C=O) groups excluding carboxylic acids is 2. The van der Waals surface area contributed by atoms with E-state index in [2.05, 4.69) is 15.6 Å². The second-order valence-electron chi connectivity index (χ2n) is 6.32. The SMILES string of the molecule is O=C1CC(C(=O)Nc2ccc(Oc3ccc(Cl)cc3)nc2)c2ccccc2N1. The molecule has 6 nitrogen and oxygen atoms in total. The van der Waals surface area contributed by atoms with Crippen LogP contribution < -0.4 is 15.4 Å². The number of anilines is 2. The lowest BCUT2D eigenvalue weighted by molar-refractivity contribution is -0.123. The van der Waals surface area contributed by atoms with Crippen LogP contribution in [0.5, 0.6) is 11.6 Å². The molecular weight excluding hydrogens is 378 g/mol. The molecule has 0 bridgehead atoms. The van der Waals surface area contributed by atoms with E-state index in [1.54, 1.807) is 42.5 Å². The van der Waals surface area contributed by atoms with E-state index in [1.165, 1.54) is 6.20 Å². The van der Waals surface area contributed by atoms with Gasteiger partial charge in [-0.3, -0.25) is 9.59 Å². The molecule has 1 unspecified atom stereocenters. The third-order valence-electron chi connectivity index (χ3n) is 4.36. The Morgan fingerprint density at radius 3 is 2.64 bits per heavy atom. The Kier molecular flexibility index (Phi) is 4.95. The van der Waals surface area contributed by atoms with Gasteiger partial charge in [-0.2, -0.15) is 0 Å². The number of fused-ring (bicyclic) bond motifs is 1. The van der Waals surface area contributed by atoms with Crippen LogP contribution in [-0.2, 0) is 9.59 Å². The maximum atomic E-state index is 12.7. The molecule has 1 aliphatic heterocycles. The van der Waals surface area contributed by atoms with Crippen molar-refractivity contribution in [2.75, 3.05) is 10.6 Å². The molecule has 0 saturated carbocycles. The Hall–Kier alpha value is -3.38. The molecule has 0 fully saturated rings. The lowest BCUT2D eigenvalue weighted by Crippen LogP contribution is -2.30. The minimum Gasteiger partial charge on any atom is -0.439 e. The van der Waals surface area contributed by atoms with Crippen LogP contribution in [0.1, 0.15) is 17.9 Å². The molecule has 0 aliphatic carbocycles. The van der Waals surface area contributed by atoms with Crippen molar-refractivity contribution >= 4 is 34.8 Å². The average molecular weight is 394 g/mol. The third kappa shape index (κ3) is 3.97. The number of amides is 2. The van der Waals surface area contributed by atoms with Crippen molar-refractivity contribution in [2.45, 2.75) is 12.3 Å². The molecule has 4 rings (SSSR count). The molecule has 7 heteroatoms. The van der Waals surface area contributed by atoms with Gasteiger partial charge in [0.1, 0.15) is 5.75 Å². The highest BCUT2D eigenvalue weighted by Gasteiger charge is 2.30. The average Bonchev–Trinajstić information content (AvgIpc) is 2.70. The molecule has 0 saturated heterocycles. The van der Waals surface area contributed by atoms with Gasteiger partial charge in [-0.1, -0.05) is 29.8 Å². The topological polar surface area (TPSA) is 80.3 Å². The summed E-state index contributed by atoms with van der Waals surface area (Å²) in [5, 5.41) is 6.23. The van der Waals surface area contributed by atoms with Crippen LogP contribution in [0.25, 0.3) is 0 Å². The zero-order chi connectivity index (χ0) is 19.5. The number of benzene rings is 2. The molecule has 2 amide bonds. The summed E-state index contributed by atoms with van der Waals surface area (Å²) in [5.41, 5.74) is 2.00. The quantitative estimate of drug-likeness (QED) is 0.679. The number of nitrogens with one attached hydrogen (secondary N) is 2. The summed E-state index contributed by atoms with van der Waals surface area (Å²) in [7, 11) is 0. The Labute approximate surface area is 166 Å². The number of para-hydroxylation sites is 1. The van der Waals surface area contributed by atoms with Crippen LogP contribution in [0.15, 0.2) is 66.9 Å². The Morgan fingerprint density at radius 1 is 1.11 bits per heavy atom. The van der Waals surface area contributed by atoms with Crippen LogP contribution in [0.2, 0.25) is 5.02 Å². The zero-order valence-corrected chi connectivity index (χ0v) is 15.4. The lowest BCUT2D eigenvalue weighted by Gasteiger charge is -2.24. The summed E-state index contributed by atoms with van der Waals surface area (Å²) in [6.07, 6.45) is 1.62. The molecule has 28 heavy (non-hydrogen) atoms. The molecule has 1 aliphatic rings. The number of nitrogens with zero attached hydrogens (tertiary/aromatic N) is 1. The van der Waals surface area contributed by atoms with E-state index < -0.39 is 5.92 Å². The fraction of sp³-hybridized carbons (Fsp3) is 0.0952. The summed E-state index contributed by atoms with van der Waals surface area (Å²) in [6.45, 7) is 0. The Balaban J connectivity index is 1.45. The van der Waals surface area contributed by atoms with Gasteiger partial charge in [-0.25, -0.2) is 4.98 Å². The van der Waals surface area contributed by atoms with Gasteiger partial charge in [0.25, 0.3) is 0 Å². The molecule has 1 aromatic heterocycles. The molecule has 2 aromatic carbocycles. The van der Waals surface area contributed by atoms with E-state index in [0.29, 0.717) is 28.0 Å². The minimum absolute atomic E-state index is 0.105. The normalized spacial score (nSPS) is 15.3. The maximum absolute atomic E-state index is 12.7. The molecule has 140 valence electrons. The van der Waals surface area contributed by atoms with Crippen LogP contribution in [0.3, 0.4) is 0 Å². The van der Waals surface area contributed by atoms with E-state index in [1.807, 2.05) is 18.2 Å². The largest absolute Gasteiger partial charge is 0.439 e. The fourth-order valence-electron chi connectivity index (χ4n) is 3.01. The first kappa shape index (κ1) is 18.0. The van der Waals surface area contributed by atoms with E-state index >= 15 is 0 Å². The highest BCUT2D eigenvalue weighted by molar-refractivity contribution is 6.30. The Morgan fingerprint density at radius 2 is 1.89 bits per heavy atom. The van der Waals surface area contributed by atoms with Crippen molar-refractivity contribution in [3.63, 3.8) is 0 Å². The number of rotatable bonds is 4. The highest BCUT2D eigenvalue weighted by Crippen LogP contribution is 2.33. The van der Waals surface area contributed by atoms with Crippen LogP contribution in [-0.4, -0.2) is 16.8 Å². The van der Waals surface area contributed by atoms with Crippen molar-refractivity contribution in [3.8, 4) is 11.6 Å². The minimum atomic E-state index is -0.546. The summed E-state index contributed by atoms with van der Waals surface area (Å²) in [4.78, 5) is 28.8. The van der Waals surface area contributed by atoms with Crippen LogP contribution in [0, 0.1) is 0 Å². The molecule has 1 atom stereocenters. The smallest absolute Gasteiger partial charge is 0.232 e. The maximum Gasteiger partial charge on any atom is 0.232 e. The van der Waals surface area contributed by atoms with Gasteiger partial charge in [-0.05, 0) is 42.0 Å². The van der Waals surface area contributed by atoms with Crippen molar-refractivity contribution in [2.24, 2.45) is 0 Å². The second-order valence-corrected chi connectivity index (χ2v) is 6.76. The number of halogens is 1. The predicted octanol–water partition coefficient (Wildman–Crippen LogP) is 4.59. The Bertz CT molecular complexity index is 1020. The van der Waals surface area contributed by atoms with Crippen LogP contribution >= 0.6 is 11.6 Å². The number of hydrogen-bond donors (Lipinski definition) is 2. The first-order valence-electron chi connectivity index (χ1n) is 8.67. The van der Waals surface area contributed by atoms with Gasteiger partial charge in [0, 0.05) is 23.2 Å². The predicted molar refractivity (Wildman–Crippen MR) is 107 cm³/mol. The second kappa shape index (κ2) is 7.70. The summed E-state index contributed by atoms with van der Waals surface area (Å²) < 4.78 is 5.63. The number of aromatic nitrogens is 1. The van der Waals surface area contributed by atoms with Crippen molar-refractivity contribution < 1.29 is 14.3 Å². The highest BCUT2D eigenvalue weighted by atomic mass is 35.5. The van der Waals surface area contributed by atoms with Gasteiger partial charge in [0.05, 0.1) is 17.8 Å². The van der Waals surface area contributed by atoms with Gasteiger partial charge < -0.3 is 15.4 Å². The van der Waals surface area contributed by atoms with E-state index in [-0.39, 0.29) is 18.2 Å². The monoisotopic (exact) mass is 393 g/mol. The molecule has 2 N–H and O–H groups in total. The van der Waals surface area contributed by atoms with Crippen molar-refractivity contribution in [1.29, 1.82) is 0 Å². The fourth-order valence-corrected chi connectivity index (χ4v) is 3.14. The molecule has 0 spiro atoms. The first-order valence-corrected chi connectivity index (χ1v) is 9.05. The van der Waals surface area contributed by atoms with E-state index in [4.69, 9.17) is 16.3 Å². The number of carbonyl (C=O) groups is 2. The lowest BCUT2D eigenvalue weighted by atomic mass is 9.90. The molecule has 3 aromatic rings. The van der Waals surface area contributed by atoms with Gasteiger partial charge in [0.2, 0.25) is 17.7 Å². The van der Waals surface area contributed by atoms with Crippen molar-refractivity contribution in [3.05, 3.63) is 77.4 Å². The number of pyridine rings is 1. The van der Waals surface area contributed by atoms with E-state index in [9.17, 15) is 9.59 Å².